The highest BCUT2D eigenvalue weighted by molar-refractivity contribution is 4.98. The zero-order chi connectivity index (χ0) is 14.7. The standard InChI is InChI=1S/C15H32N3O/c1-6-12(16)8-7-9-17-13-10-14(2,3)18(19)15(4,5)11-13/h12-13,17H,6-11,16H2,1-5H3. The molecule has 0 spiro atoms. The second-order valence-electron chi connectivity index (χ2n) is 7.29. The van der Waals surface area contributed by atoms with Crippen LogP contribution in [-0.4, -0.2) is 34.8 Å². The van der Waals surface area contributed by atoms with Gasteiger partial charge < -0.3 is 11.1 Å². The molecule has 0 aromatic heterocycles. The minimum absolute atomic E-state index is 0.279. The third kappa shape index (κ3) is 4.71. The predicted molar refractivity (Wildman–Crippen MR) is 79.2 cm³/mol. The van der Waals surface area contributed by atoms with Crippen LogP contribution in [0.5, 0.6) is 0 Å². The number of nitrogens with one attached hydrogen (secondary N) is 1. The molecule has 1 saturated heterocycles. The van der Waals surface area contributed by atoms with Crippen molar-refractivity contribution in [3.63, 3.8) is 0 Å². The molecule has 1 radical (unpaired) electrons. The molecule has 4 nitrogen and oxygen atoms in total. The lowest BCUT2D eigenvalue weighted by atomic mass is 9.79. The van der Waals surface area contributed by atoms with Crippen LogP contribution in [0.15, 0.2) is 0 Å². The zero-order valence-electron chi connectivity index (χ0n) is 13.3. The summed E-state index contributed by atoms with van der Waals surface area (Å²) in [5.41, 5.74) is 5.36. The van der Waals surface area contributed by atoms with Crippen molar-refractivity contribution < 1.29 is 5.21 Å². The first kappa shape index (κ1) is 16.9. The summed E-state index contributed by atoms with van der Waals surface area (Å²) in [5.74, 6) is 0. The van der Waals surface area contributed by atoms with Crippen molar-refractivity contribution in [2.75, 3.05) is 6.54 Å². The molecule has 4 heteroatoms. The first-order valence-electron chi connectivity index (χ1n) is 7.65. The molecule has 0 aromatic rings. The van der Waals surface area contributed by atoms with Gasteiger partial charge in [0.05, 0.1) is 0 Å². The summed E-state index contributed by atoms with van der Waals surface area (Å²) in [6.07, 6.45) is 5.08. The normalized spacial score (nSPS) is 25.4. The molecule has 1 aliphatic rings. The Hall–Kier alpha value is -0.160. The van der Waals surface area contributed by atoms with Gasteiger partial charge in [-0.15, -0.1) is 10.3 Å². The van der Waals surface area contributed by atoms with Crippen LogP contribution < -0.4 is 11.1 Å². The second-order valence-corrected chi connectivity index (χ2v) is 7.29. The highest BCUT2D eigenvalue weighted by Crippen LogP contribution is 2.36. The largest absolute Gasteiger partial charge is 0.328 e. The van der Waals surface area contributed by atoms with Gasteiger partial charge in [-0.05, 0) is 66.3 Å². The lowest BCUT2D eigenvalue weighted by Gasteiger charge is -2.50. The maximum absolute atomic E-state index is 12.2. The van der Waals surface area contributed by atoms with Crippen LogP contribution in [0, 0.1) is 0 Å². The molecule has 0 aliphatic carbocycles. The highest BCUT2D eigenvalue weighted by Gasteiger charge is 2.45. The lowest BCUT2D eigenvalue weighted by molar-refractivity contribution is -0.290. The fourth-order valence-electron chi connectivity index (χ4n) is 3.28. The van der Waals surface area contributed by atoms with Gasteiger partial charge in [0.15, 0.2) is 0 Å². The van der Waals surface area contributed by atoms with Crippen molar-refractivity contribution in [1.29, 1.82) is 0 Å². The summed E-state index contributed by atoms with van der Waals surface area (Å²) < 4.78 is 0. The summed E-state index contributed by atoms with van der Waals surface area (Å²) in [6.45, 7) is 11.3. The summed E-state index contributed by atoms with van der Waals surface area (Å²) in [6, 6.07) is 0.770. The fraction of sp³-hybridized carbons (Fsp3) is 1.00. The molecule has 1 heterocycles. The van der Waals surface area contributed by atoms with Gasteiger partial charge in [0, 0.05) is 23.2 Å². The Bertz CT molecular complexity index is 261. The topological polar surface area (TPSA) is 61.2 Å². The van der Waals surface area contributed by atoms with Crippen molar-refractivity contribution in [2.45, 2.75) is 89.9 Å². The molecule has 1 fully saturated rings. The fourth-order valence-corrected chi connectivity index (χ4v) is 3.28. The lowest BCUT2D eigenvalue weighted by Crippen LogP contribution is -2.61. The van der Waals surface area contributed by atoms with Crippen molar-refractivity contribution in [3.8, 4) is 0 Å². The third-order valence-corrected chi connectivity index (χ3v) is 4.30. The average Bonchev–Trinajstić information content (AvgIpc) is 2.30. The van der Waals surface area contributed by atoms with E-state index in [1.54, 1.807) is 0 Å². The summed E-state index contributed by atoms with van der Waals surface area (Å²) in [4.78, 5) is 0. The second kappa shape index (κ2) is 6.53. The highest BCUT2D eigenvalue weighted by atomic mass is 16.5. The van der Waals surface area contributed by atoms with Gasteiger partial charge in [-0.2, -0.15) is 0 Å². The number of hydrogen-bond acceptors (Lipinski definition) is 3. The minimum atomic E-state index is -0.279. The Balaban J connectivity index is 2.39. The Morgan fingerprint density at radius 1 is 1.26 bits per heavy atom. The monoisotopic (exact) mass is 270 g/mol. The van der Waals surface area contributed by atoms with E-state index in [0.29, 0.717) is 12.1 Å². The summed E-state index contributed by atoms with van der Waals surface area (Å²) >= 11 is 0. The molecule has 3 N–H and O–H groups in total. The van der Waals surface area contributed by atoms with Crippen LogP contribution >= 0.6 is 0 Å². The van der Waals surface area contributed by atoms with Gasteiger partial charge in [0.25, 0.3) is 0 Å². The molecule has 1 unspecified atom stereocenters. The Kier molecular flexibility index (Phi) is 5.80. The Morgan fingerprint density at radius 3 is 2.26 bits per heavy atom. The quantitative estimate of drug-likeness (QED) is 0.729. The van der Waals surface area contributed by atoms with Gasteiger partial charge in [-0.3, -0.25) is 0 Å². The Morgan fingerprint density at radius 2 is 1.79 bits per heavy atom. The SMILES string of the molecule is CCC(N)CCCNC1CC(C)(C)N([O])C(C)(C)C1. The number of nitrogens with zero attached hydrogens (tertiary/aromatic N) is 1. The van der Waals surface area contributed by atoms with E-state index < -0.39 is 0 Å². The van der Waals surface area contributed by atoms with Crippen LogP contribution in [0.4, 0.5) is 0 Å². The van der Waals surface area contributed by atoms with Crippen molar-refractivity contribution in [3.05, 3.63) is 0 Å². The van der Waals surface area contributed by atoms with Crippen molar-refractivity contribution in [1.82, 2.24) is 10.4 Å². The molecular weight excluding hydrogens is 238 g/mol. The van der Waals surface area contributed by atoms with E-state index >= 15 is 0 Å². The van der Waals surface area contributed by atoms with Gasteiger partial charge in [0.1, 0.15) is 0 Å². The molecule has 1 aliphatic heterocycles. The number of rotatable bonds is 6. The van der Waals surface area contributed by atoms with Crippen LogP contribution in [0.25, 0.3) is 0 Å². The number of nitrogens with two attached hydrogens (primary N) is 1. The van der Waals surface area contributed by atoms with Gasteiger partial charge in [-0.25, -0.2) is 0 Å². The summed E-state index contributed by atoms with van der Waals surface area (Å²) in [7, 11) is 0. The van der Waals surface area contributed by atoms with E-state index in [-0.39, 0.29) is 11.1 Å². The van der Waals surface area contributed by atoms with E-state index in [2.05, 4.69) is 12.2 Å². The van der Waals surface area contributed by atoms with E-state index in [9.17, 15) is 5.21 Å². The minimum Gasteiger partial charge on any atom is -0.328 e. The number of piperidine rings is 1. The molecule has 113 valence electrons. The van der Waals surface area contributed by atoms with E-state index in [0.717, 1.165) is 38.6 Å². The van der Waals surface area contributed by atoms with Crippen LogP contribution in [0.2, 0.25) is 0 Å². The van der Waals surface area contributed by atoms with E-state index in [1.165, 1.54) is 5.06 Å². The molecule has 1 rings (SSSR count). The molecule has 0 aromatic carbocycles. The maximum Gasteiger partial charge on any atom is 0.0458 e. The first-order chi connectivity index (χ1) is 8.69. The van der Waals surface area contributed by atoms with Crippen molar-refractivity contribution >= 4 is 0 Å². The Labute approximate surface area is 118 Å². The summed E-state index contributed by atoms with van der Waals surface area (Å²) in [5, 5.41) is 17.1. The number of hydrogen-bond donors (Lipinski definition) is 2. The van der Waals surface area contributed by atoms with E-state index in [1.807, 2.05) is 27.7 Å². The maximum atomic E-state index is 12.2. The van der Waals surface area contributed by atoms with Crippen LogP contribution in [-0.2, 0) is 5.21 Å². The zero-order valence-corrected chi connectivity index (χ0v) is 13.3. The molecule has 19 heavy (non-hydrogen) atoms. The van der Waals surface area contributed by atoms with Crippen molar-refractivity contribution in [2.24, 2.45) is 5.73 Å². The molecule has 0 bridgehead atoms. The number of hydroxylamine groups is 2. The van der Waals surface area contributed by atoms with Gasteiger partial charge in [-0.1, -0.05) is 6.92 Å². The third-order valence-electron chi connectivity index (χ3n) is 4.30. The van der Waals surface area contributed by atoms with Gasteiger partial charge >= 0.3 is 0 Å². The molecular formula is C15H32N3O. The first-order valence-corrected chi connectivity index (χ1v) is 7.65. The average molecular weight is 270 g/mol. The molecule has 0 amide bonds. The van der Waals surface area contributed by atoms with Crippen LogP contribution in [0.1, 0.15) is 66.7 Å². The predicted octanol–water partition coefficient (Wildman–Crippen LogP) is 2.46. The molecule has 0 saturated carbocycles. The van der Waals surface area contributed by atoms with Gasteiger partial charge in [0.2, 0.25) is 0 Å². The smallest absolute Gasteiger partial charge is 0.0458 e. The van der Waals surface area contributed by atoms with Crippen LogP contribution in [0.3, 0.4) is 0 Å². The van der Waals surface area contributed by atoms with E-state index in [4.69, 9.17) is 5.73 Å². The molecule has 1 atom stereocenters.